The van der Waals surface area contributed by atoms with Crippen LogP contribution >= 0.6 is 0 Å². The number of hydrogen-bond acceptors (Lipinski definition) is 8. The van der Waals surface area contributed by atoms with Gasteiger partial charge in [-0.25, -0.2) is 34.7 Å². The van der Waals surface area contributed by atoms with E-state index in [0.717, 1.165) is 23.7 Å². The molecule has 1 unspecified atom stereocenters. The fourth-order valence-corrected chi connectivity index (χ4v) is 6.62. The maximum atomic E-state index is 12.3. The Hall–Kier alpha value is -2.23. The monoisotopic (exact) mass is 503 g/mol. The molecule has 2 heterocycles. The van der Waals surface area contributed by atoms with Crippen LogP contribution in [0.25, 0.3) is 0 Å². The first-order chi connectivity index (χ1) is 14.7. The Morgan fingerprint density at radius 3 is 2.31 bits per heavy atom. The van der Waals surface area contributed by atoms with Gasteiger partial charge in [0.15, 0.2) is 0 Å². The van der Waals surface area contributed by atoms with E-state index in [2.05, 4.69) is 4.72 Å². The lowest BCUT2D eigenvalue weighted by Gasteiger charge is -2.34. The van der Waals surface area contributed by atoms with Gasteiger partial charge in [-0.05, 0) is 43.2 Å². The summed E-state index contributed by atoms with van der Waals surface area (Å²) in [6, 6.07) is 10.3. The van der Waals surface area contributed by atoms with Crippen LogP contribution in [0.3, 0.4) is 0 Å². The number of anilines is 2. The van der Waals surface area contributed by atoms with Gasteiger partial charge >= 0.3 is 0 Å². The van der Waals surface area contributed by atoms with Crippen molar-refractivity contribution < 1.29 is 25.3 Å². The highest BCUT2D eigenvalue weighted by molar-refractivity contribution is 7.90. The van der Waals surface area contributed by atoms with Gasteiger partial charge in [-0.1, -0.05) is 12.1 Å². The Bertz CT molecular complexity index is 1340. The lowest BCUT2D eigenvalue weighted by Crippen LogP contribution is -2.48. The van der Waals surface area contributed by atoms with E-state index in [1.54, 1.807) is 18.2 Å². The highest BCUT2D eigenvalue weighted by atomic mass is 32.2. The summed E-state index contributed by atoms with van der Waals surface area (Å²) >= 11 is 0. The molecule has 0 saturated carbocycles. The quantitative estimate of drug-likeness (QED) is 0.493. The number of sulfonamides is 3. The minimum atomic E-state index is -3.68. The van der Waals surface area contributed by atoms with E-state index in [-0.39, 0.29) is 26.5 Å². The third kappa shape index (κ3) is 4.74. The maximum absolute atomic E-state index is 12.3. The van der Waals surface area contributed by atoms with Crippen LogP contribution in [0.4, 0.5) is 11.4 Å². The highest BCUT2D eigenvalue weighted by Crippen LogP contribution is 2.36. The number of fused-ring (bicyclic) bond motifs is 3. The molecule has 0 spiro atoms. The van der Waals surface area contributed by atoms with Gasteiger partial charge in [0, 0.05) is 20.6 Å². The number of primary sulfonamides is 1. The van der Waals surface area contributed by atoms with Crippen LogP contribution in [0.5, 0.6) is 0 Å². The van der Waals surface area contributed by atoms with Gasteiger partial charge in [0.05, 0.1) is 22.4 Å². The van der Waals surface area contributed by atoms with Gasteiger partial charge in [-0.15, -0.1) is 0 Å². The maximum Gasteiger partial charge on any atom is 0.244 e. The summed E-state index contributed by atoms with van der Waals surface area (Å²) in [6.07, 6.45) is 1.44. The molecule has 11 nitrogen and oxygen atoms in total. The Balaban J connectivity index is 0.000000222. The SMILES string of the molecule is CN(C)S(=O)(=O)c1ccc2c(c1)S(=O)(=O)NC1CCCN21.Nc1ccccc1S(N)(=O)=O. The number of nitrogens with zero attached hydrogens (tertiary/aromatic N) is 2. The molecule has 14 heteroatoms. The number of benzene rings is 2. The summed E-state index contributed by atoms with van der Waals surface area (Å²) in [5.74, 6) is 0. The zero-order valence-corrected chi connectivity index (χ0v) is 19.9. The first-order valence-corrected chi connectivity index (χ1v) is 13.9. The molecule has 176 valence electrons. The first kappa shape index (κ1) is 24.4. The van der Waals surface area contributed by atoms with Crippen LogP contribution in [0.2, 0.25) is 0 Å². The normalized spacial score (nSPS) is 19.6. The Morgan fingerprint density at radius 2 is 1.75 bits per heavy atom. The van der Waals surface area contributed by atoms with Gasteiger partial charge in [-0.2, -0.15) is 4.72 Å². The fourth-order valence-electron chi connectivity index (χ4n) is 3.48. The van der Waals surface area contributed by atoms with E-state index < -0.39 is 30.1 Å². The van der Waals surface area contributed by atoms with E-state index in [4.69, 9.17) is 10.9 Å². The minimum Gasteiger partial charge on any atom is -0.398 e. The molecule has 1 fully saturated rings. The van der Waals surface area contributed by atoms with E-state index in [1.807, 2.05) is 4.90 Å². The average Bonchev–Trinajstić information content (AvgIpc) is 3.15. The van der Waals surface area contributed by atoms with Crippen molar-refractivity contribution >= 4 is 41.4 Å². The van der Waals surface area contributed by atoms with Crippen molar-refractivity contribution in [2.24, 2.45) is 5.14 Å². The Kier molecular flexibility index (Phi) is 6.57. The van der Waals surface area contributed by atoms with Crippen molar-refractivity contribution in [2.45, 2.75) is 33.7 Å². The van der Waals surface area contributed by atoms with E-state index >= 15 is 0 Å². The predicted octanol–water partition coefficient (Wildman–Crippen LogP) is 0.0713. The lowest BCUT2D eigenvalue weighted by molar-refractivity contribution is 0.520. The summed E-state index contributed by atoms with van der Waals surface area (Å²) in [4.78, 5) is 1.96. The van der Waals surface area contributed by atoms with E-state index in [9.17, 15) is 25.3 Å². The second-order valence-electron chi connectivity index (χ2n) is 7.47. The molecule has 0 aromatic heterocycles. The molecule has 0 radical (unpaired) electrons. The zero-order chi connectivity index (χ0) is 23.9. The molecule has 1 atom stereocenters. The molecule has 0 aliphatic carbocycles. The Morgan fingerprint density at radius 1 is 1.09 bits per heavy atom. The number of nitrogens with two attached hydrogens (primary N) is 2. The molecule has 2 aromatic rings. The highest BCUT2D eigenvalue weighted by Gasteiger charge is 2.38. The molecule has 0 bridgehead atoms. The topological polar surface area (TPSA) is 173 Å². The number of rotatable bonds is 3. The van der Waals surface area contributed by atoms with E-state index in [1.165, 1.54) is 38.4 Å². The van der Waals surface area contributed by atoms with Crippen molar-refractivity contribution in [1.29, 1.82) is 0 Å². The van der Waals surface area contributed by atoms with Gasteiger partial charge in [0.1, 0.15) is 9.79 Å². The lowest BCUT2D eigenvalue weighted by atomic mass is 10.3. The molecular weight excluding hydrogens is 478 g/mol. The standard InChI is InChI=1S/C12H17N3O4S2.C6H8N2O2S/c1-14(2)21(18,19)9-5-6-10-11(8-9)20(16,17)13-12-4-3-7-15(10)12;7-5-3-1-2-4-6(5)11(8,9)10/h5-6,8,12-13H,3-4,7H2,1-2H3;1-4H,7H2,(H2,8,9,10). The fraction of sp³-hybridized carbons (Fsp3) is 0.333. The van der Waals surface area contributed by atoms with Gasteiger partial charge in [0.25, 0.3) is 0 Å². The Labute approximate surface area is 188 Å². The number of para-hydroxylation sites is 1. The first-order valence-electron chi connectivity index (χ1n) is 9.48. The largest absolute Gasteiger partial charge is 0.398 e. The third-order valence-electron chi connectivity index (χ3n) is 5.08. The summed E-state index contributed by atoms with van der Waals surface area (Å²) in [7, 11) is -8.17. The summed E-state index contributed by atoms with van der Waals surface area (Å²) in [6.45, 7) is 0.764. The second kappa shape index (κ2) is 8.61. The molecule has 5 N–H and O–H groups in total. The van der Waals surface area contributed by atoms with E-state index in [0.29, 0.717) is 5.69 Å². The molecule has 2 aliphatic rings. The third-order valence-corrected chi connectivity index (χ3v) is 9.36. The summed E-state index contributed by atoms with van der Waals surface area (Å²) in [5.41, 5.74) is 6.10. The summed E-state index contributed by atoms with van der Waals surface area (Å²) < 4.78 is 74.1. The molecule has 32 heavy (non-hydrogen) atoms. The predicted molar refractivity (Wildman–Crippen MR) is 120 cm³/mol. The molecule has 0 amide bonds. The van der Waals surface area contributed by atoms with Crippen molar-refractivity contribution in [2.75, 3.05) is 31.3 Å². The summed E-state index contributed by atoms with van der Waals surface area (Å²) in [5, 5.41) is 4.85. The van der Waals surface area contributed by atoms with Crippen LogP contribution < -0.4 is 20.5 Å². The minimum absolute atomic E-state index is 0.0192. The van der Waals surface area contributed by atoms with Crippen molar-refractivity contribution in [3.05, 3.63) is 42.5 Å². The zero-order valence-electron chi connectivity index (χ0n) is 17.5. The molecule has 1 saturated heterocycles. The van der Waals surface area contributed by atoms with Gasteiger partial charge < -0.3 is 10.6 Å². The number of nitrogens with one attached hydrogen (secondary N) is 1. The van der Waals surface area contributed by atoms with Crippen molar-refractivity contribution in [3.8, 4) is 0 Å². The molecular formula is C18H25N5O6S3. The smallest absolute Gasteiger partial charge is 0.244 e. The van der Waals surface area contributed by atoms with Crippen LogP contribution in [-0.4, -0.2) is 56.4 Å². The molecule has 2 aromatic carbocycles. The average molecular weight is 504 g/mol. The second-order valence-corrected chi connectivity index (χ2v) is 12.8. The van der Waals surface area contributed by atoms with Crippen LogP contribution in [0.1, 0.15) is 12.8 Å². The van der Waals surface area contributed by atoms with Gasteiger partial charge in [-0.3, -0.25) is 0 Å². The van der Waals surface area contributed by atoms with Crippen LogP contribution in [0, 0.1) is 0 Å². The van der Waals surface area contributed by atoms with Crippen molar-refractivity contribution in [1.82, 2.24) is 9.03 Å². The van der Waals surface area contributed by atoms with Crippen LogP contribution in [-0.2, 0) is 30.1 Å². The molecule has 2 aliphatic heterocycles. The van der Waals surface area contributed by atoms with Crippen LogP contribution in [0.15, 0.2) is 57.2 Å². The number of nitrogen functional groups attached to an aromatic ring is 1. The van der Waals surface area contributed by atoms with Crippen molar-refractivity contribution in [3.63, 3.8) is 0 Å². The molecule has 4 rings (SSSR count). The van der Waals surface area contributed by atoms with Gasteiger partial charge in [0.2, 0.25) is 30.1 Å². The number of hydrogen-bond donors (Lipinski definition) is 3.